The highest BCUT2D eigenvalue weighted by atomic mass is 31.0. The molecular formula is C9H18NO2P. The molecule has 1 N–H and O–H groups in total. The fourth-order valence-electron chi connectivity index (χ4n) is 2.16. The fourth-order valence-corrected chi connectivity index (χ4v) is 2.53. The van der Waals surface area contributed by atoms with E-state index in [-0.39, 0.29) is 6.04 Å². The van der Waals surface area contributed by atoms with Gasteiger partial charge in [-0.1, -0.05) is 28.7 Å². The van der Waals surface area contributed by atoms with E-state index >= 15 is 0 Å². The number of carboxylic acid groups (broad SMARTS) is 1. The normalized spacial score (nSPS) is 21.8. The average molecular weight is 203 g/mol. The summed E-state index contributed by atoms with van der Waals surface area (Å²) < 4.78 is 1.75. The van der Waals surface area contributed by atoms with Gasteiger partial charge in [0.05, 0.1) is 0 Å². The summed E-state index contributed by atoms with van der Waals surface area (Å²) >= 11 is 0. The van der Waals surface area contributed by atoms with Gasteiger partial charge in [0.25, 0.3) is 0 Å². The van der Waals surface area contributed by atoms with Gasteiger partial charge in [0.2, 0.25) is 0 Å². The molecule has 0 aromatic rings. The Hall–Kier alpha value is -0.140. The number of carbonyl (C=O) groups is 1. The molecule has 1 aliphatic carbocycles. The number of likely N-dealkylation sites (N-methyl/N-ethyl adjacent to an activating group) is 1. The number of hydrogen-bond donors (Lipinski definition) is 1. The first-order valence-electron chi connectivity index (χ1n) is 4.83. The summed E-state index contributed by atoms with van der Waals surface area (Å²) in [6, 6.07) is -0.315. The quantitative estimate of drug-likeness (QED) is 0.710. The van der Waals surface area contributed by atoms with Gasteiger partial charge in [-0.05, 0) is 25.8 Å². The molecule has 1 fully saturated rings. The van der Waals surface area contributed by atoms with Gasteiger partial charge in [0.1, 0.15) is 6.04 Å². The summed E-state index contributed by atoms with van der Waals surface area (Å²) in [7, 11) is 4.28. The number of nitrogens with zero attached hydrogens (tertiary/aromatic N) is 1. The highest BCUT2D eigenvalue weighted by Gasteiger charge is 2.30. The van der Waals surface area contributed by atoms with Gasteiger partial charge in [-0.25, -0.2) is 0 Å². The largest absolute Gasteiger partial charge is 0.480 e. The third-order valence-electron chi connectivity index (χ3n) is 2.79. The van der Waals surface area contributed by atoms with Crippen LogP contribution in [0.15, 0.2) is 0 Å². The zero-order valence-electron chi connectivity index (χ0n) is 8.07. The molecule has 0 amide bonds. The Morgan fingerprint density at radius 1 is 1.46 bits per heavy atom. The lowest BCUT2D eigenvalue weighted by Gasteiger charge is -2.31. The van der Waals surface area contributed by atoms with Crippen LogP contribution in [0.5, 0.6) is 0 Å². The number of hydrogen-bond acceptors (Lipinski definition) is 2. The van der Waals surface area contributed by atoms with Crippen LogP contribution in [0.4, 0.5) is 0 Å². The van der Waals surface area contributed by atoms with Gasteiger partial charge < -0.3 is 5.11 Å². The minimum atomic E-state index is -0.690. The van der Waals surface area contributed by atoms with Crippen molar-refractivity contribution < 1.29 is 9.90 Å². The fraction of sp³-hybridized carbons (Fsp3) is 0.889. The SMILES string of the molecule is CN(P)C(C(=O)O)C1CCCCC1. The summed E-state index contributed by atoms with van der Waals surface area (Å²) in [6.45, 7) is 0. The van der Waals surface area contributed by atoms with E-state index in [0.717, 1.165) is 12.8 Å². The van der Waals surface area contributed by atoms with E-state index in [4.69, 9.17) is 5.11 Å². The first-order chi connectivity index (χ1) is 6.13. The Morgan fingerprint density at radius 3 is 2.38 bits per heavy atom. The Morgan fingerprint density at radius 2 is 2.00 bits per heavy atom. The summed E-state index contributed by atoms with van der Waals surface area (Å²) in [5, 5.41) is 9.04. The second-order valence-electron chi connectivity index (χ2n) is 3.85. The van der Waals surface area contributed by atoms with E-state index in [9.17, 15) is 4.79 Å². The lowest BCUT2D eigenvalue weighted by molar-refractivity contribution is -0.143. The van der Waals surface area contributed by atoms with Crippen LogP contribution >= 0.6 is 9.39 Å². The third kappa shape index (κ3) is 2.92. The first-order valence-corrected chi connectivity index (χ1v) is 5.35. The molecular weight excluding hydrogens is 185 g/mol. The topological polar surface area (TPSA) is 40.5 Å². The second kappa shape index (κ2) is 4.92. The van der Waals surface area contributed by atoms with Crippen molar-refractivity contribution in [2.45, 2.75) is 38.1 Å². The van der Waals surface area contributed by atoms with Crippen molar-refractivity contribution in [2.75, 3.05) is 7.05 Å². The van der Waals surface area contributed by atoms with Crippen molar-refractivity contribution in [3.05, 3.63) is 0 Å². The van der Waals surface area contributed by atoms with E-state index in [0.29, 0.717) is 5.92 Å². The van der Waals surface area contributed by atoms with Gasteiger partial charge in [0.15, 0.2) is 0 Å². The lowest BCUT2D eigenvalue weighted by atomic mass is 9.84. The van der Waals surface area contributed by atoms with Crippen LogP contribution in [0.25, 0.3) is 0 Å². The molecule has 13 heavy (non-hydrogen) atoms. The molecule has 1 saturated carbocycles. The van der Waals surface area contributed by atoms with Crippen LogP contribution in [-0.2, 0) is 4.79 Å². The molecule has 76 valence electrons. The molecule has 0 spiro atoms. The predicted octanol–water partition coefficient (Wildman–Crippen LogP) is 1.74. The minimum Gasteiger partial charge on any atom is -0.480 e. The lowest BCUT2D eigenvalue weighted by Crippen LogP contribution is -2.39. The summed E-state index contributed by atoms with van der Waals surface area (Å²) in [6.07, 6.45) is 5.77. The smallest absolute Gasteiger partial charge is 0.321 e. The molecule has 2 atom stereocenters. The maximum atomic E-state index is 11.0. The van der Waals surface area contributed by atoms with Crippen LogP contribution in [0.1, 0.15) is 32.1 Å². The molecule has 2 unspecified atom stereocenters. The van der Waals surface area contributed by atoms with Crippen LogP contribution in [0, 0.1) is 5.92 Å². The number of aliphatic carboxylic acids is 1. The Balaban J connectivity index is 2.57. The molecule has 1 aliphatic rings. The van der Waals surface area contributed by atoms with Crippen LogP contribution in [0.3, 0.4) is 0 Å². The van der Waals surface area contributed by atoms with Crippen molar-refractivity contribution in [1.29, 1.82) is 0 Å². The van der Waals surface area contributed by atoms with E-state index in [1.807, 2.05) is 7.05 Å². The second-order valence-corrected chi connectivity index (χ2v) is 4.66. The molecule has 0 aliphatic heterocycles. The Labute approximate surface area is 81.8 Å². The molecule has 0 bridgehead atoms. The van der Waals surface area contributed by atoms with Crippen molar-refractivity contribution in [2.24, 2.45) is 5.92 Å². The maximum Gasteiger partial charge on any atom is 0.321 e. The van der Waals surface area contributed by atoms with Gasteiger partial charge in [-0.15, -0.1) is 0 Å². The summed E-state index contributed by atoms with van der Waals surface area (Å²) in [5.74, 6) is -0.349. The predicted molar refractivity (Wildman–Crippen MR) is 55.5 cm³/mol. The first kappa shape index (κ1) is 10.9. The van der Waals surface area contributed by atoms with Crippen molar-refractivity contribution in [1.82, 2.24) is 4.67 Å². The molecule has 0 saturated heterocycles. The Kier molecular flexibility index (Phi) is 4.14. The van der Waals surface area contributed by atoms with Crippen molar-refractivity contribution in [3.63, 3.8) is 0 Å². The molecule has 3 nitrogen and oxygen atoms in total. The van der Waals surface area contributed by atoms with Gasteiger partial charge >= 0.3 is 5.97 Å². The number of carboxylic acids is 1. The van der Waals surface area contributed by atoms with E-state index in [1.54, 1.807) is 4.67 Å². The molecule has 0 radical (unpaired) electrons. The molecule has 0 heterocycles. The highest BCUT2D eigenvalue weighted by molar-refractivity contribution is 7.13. The monoisotopic (exact) mass is 203 g/mol. The third-order valence-corrected chi connectivity index (χ3v) is 3.11. The van der Waals surface area contributed by atoms with Gasteiger partial charge in [-0.3, -0.25) is 9.46 Å². The summed E-state index contributed by atoms with van der Waals surface area (Å²) in [5.41, 5.74) is 0. The molecule has 0 aromatic carbocycles. The molecule has 1 rings (SSSR count). The van der Waals surface area contributed by atoms with Crippen LogP contribution in [-0.4, -0.2) is 28.8 Å². The molecule has 0 aromatic heterocycles. The zero-order valence-corrected chi connectivity index (χ0v) is 9.22. The number of rotatable bonds is 3. The standard InChI is InChI=1S/C9H18NO2P/c1-10(13)8(9(11)12)7-5-3-2-4-6-7/h7-8H,2-6,13H2,1H3,(H,11,12). The maximum absolute atomic E-state index is 11.0. The summed E-state index contributed by atoms with van der Waals surface area (Å²) in [4.78, 5) is 11.0. The van der Waals surface area contributed by atoms with Crippen LogP contribution in [0.2, 0.25) is 0 Å². The average Bonchev–Trinajstić information content (AvgIpc) is 2.04. The Bertz CT molecular complexity index is 178. The zero-order chi connectivity index (χ0) is 9.84. The van der Waals surface area contributed by atoms with E-state index in [2.05, 4.69) is 9.39 Å². The highest BCUT2D eigenvalue weighted by Crippen LogP contribution is 2.29. The van der Waals surface area contributed by atoms with Crippen molar-refractivity contribution >= 4 is 15.4 Å². The van der Waals surface area contributed by atoms with E-state index in [1.165, 1.54) is 19.3 Å². The van der Waals surface area contributed by atoms with Crippen molar-refractivity contribution in [3.8, 4) is 0 Å². The minimum absolute atomic E-state index is 0.315. The van der Waals surface area contributed by atoms with Gasteiger partial charge in [0, 0.05) is 0 Å². The van der Waals surface area contributed by atoms with E-state index < -0.39 is 5.97 Å². The van der Waals surface area contributed by atoms with Crippen LogP contribution < -0.4 is 0 Å². The van der Waals surface area contributed by atoms with Gasteiger partial charge in [-0.2, -0.15) is 0 Å². The molecule has 4 heteroatoms.